The van der Waals surface area contributed by atoms with Crippen LogP contribution in [0.4, 0.5) is 33.7 Å². The van der Waals surface area contributed by atoms with Gasteiger partial charge in [-0.3, -0.25) is 14.7 Å². The maximum absolute atomic E-state index is 13.9. The highest BCUT2D eigenvalue weighted by Gasteiger charge is 2.36. The number of ether oxygens (including phenoxy) is 1. The van der Waals surface area contributed by atoms with Gasteiger partial charge in [-0.05, 0) is 65.1 Å². The molecule has 1 saturated heterocycles. The number of rotatable bonds is 8. The second kappa shape index (κ2) is 12.5. The van der Waals surface area contributed by atoms with Crippen molar-refractivity contribution in [3.63, 3.8) is 0 Å². The molecule has 1 fully saturated rings. The normalized spacial score (nSPS) is 18.4. The molecule has 0 saturated carbocycles. The molecular formula is C29H28F4N6O3S. The smallest absolute Gasteiger partial charge is 0.406 e. The van der Waals surface area contributed by atoms with Gasteiger partial charge in [0.2, 0.25) is 5.91 Å². The Balaban J connectivity index is 1.17. The molecule has 3 N–H and O–H groups in total. The summed E-state index contributed by atoms with van der Waals surface area (Å²) < 4.78 is 55.1. The predicted molar refractivity (Wildman–Crippen MR) is 156 cm³/mol. The molecule has 3 aromatic carbocycles. The van der Waals surface area contributed by atoms with Crippen molar-refractivity contribution in [2.24, 2.45) is 4.99 Å². The minimum Gasteiger partial charge on any atom is -0.406 e. The van der Waals surface area contributed by atoms with Crippen LogP contribution in [0.5, 0.6) is 5.75 Å². The highest BCUT2D eigenvalue weighted by molar-refractivity contribution is 8.01. The van der Waals surface area contributed by atoms with Gasteiger partial charge in [-0.25, -0.2) is 14.2 Å². The summed E-state index contributed by atoms with van der Waals surface area (Å²) in [6.07, 6.45) is -3.70. The number of hydrogen-bond donors (Lipinski definition) is 3. The molecule has 2 heterocycles. The minimum atomic E-state index is -4.77. The molecule has 2 atom stereocenters. The van der Waals surface area contributed by atoms with Crippen molar-refractivity contribution < 1.29 is 31.9 Å². The van der Waals surface area contributed by atoms with E-state index < -0.39 is 29.9 Å². The number of hydrazine groups is 1. The summed E-state index contributed by atoms with van der Waals surface area (Å²) in [4.78, 5) is 31.5. The third-order valence-corrected chi connectivity index (χ3v) is 7.71. The molecule has 2 aliphatic heterocycles. The Hall–Kier alpha value is -4.30. The second-order valence-electron chi connectivity index (χ2n) is 10.1. The van der Waals surface area contributed by atoms with Crippen LogP contribution in [0.2, 0.25) is 0 Å². The van der Waals surface area contributed by atoms with E-state index in [4.69, 9.17) is 0 Å². The molecule has 9 nitrogen and oxygen atoms in total. The zero-order chi connectivity index (χ0) is 30.7. The fourth-order valence-electron chi connectivity index (χ4n) is 4.66. The Morgan fingerprint density at radius 3 is 2.63 bits per heavy atom. The van der Waals surface area contributed by atoms with E-state index in [9.17, 15) is 27.2 Å². The first-order valence-electron chi connectivity index (χ1n) is 13.3. The van der Waals surface area contributed by atoms with E-state index in [1.165, 1.54) is 59.4 Å². The molecule has 0 aromatic heterocycles. The fourth-order valence-corrected chi connectivity index (χ4v) is 5.67. The standard InChI is InChI=1S/C29H28F4N6O3S/c1-17(2)23-13-20(30)6-11-24(23)39-25(40)15-43-28(39)36-27(41)34-14-18-4-3-5-19(12-18)26-35-16-38(37-26)21-7-9-22(10-8-21)42-29(31,32)33/h3-13,16-17,26,28,37H,14-15H2,1-2H3,(H2,34,36,41). The second-order valence-corrected chi connectivity index (χ2v) is 11.1. The number of aliphatic imine (C=N–C) groups is 1. The van der Waals surface area contributed by atoms with Gasteiger partial charge < -0.3 is 15.4 Å². The van der Waals surface area contributed by atoms with Crippen LogP contribution >= 0.6 is 11.8 Å². The summed E-state index contributed by atoms with van der Waals surface area (Å²) in [6.45, 7) is 4.01. The largest absolute Gasteiger partial charge is 0.573 e. The number of nitrogens with zero attached hydrogens (tertiary/aromatic N) is 3. The third-order valence-electron chi connectivity index (χ3n) is 6.65. The van der Waals surface area contributed by atoms with Gasteiger partial charge >= 0.3 is 12.4 Å². The van der Waals surface area contributed by atoms with E-state index in [0.29, 0.717) is 16.9 Å². The summed E-state index contributed by atoms with van der Waals surface area (Å²) in [6, 6.07) is 16.5. The van der Waals surface area contributed by atoms with Crippen molar-refractivity contribution in [1.82, 2.24) is 16.1 Å². The van der Waals surface area contributed by atoms with Gasteiger partial charge in [0.25, 0.3) is 0 Å². The Morgan fingerprint density at radius 1 is 1.14 bits per heavy atom. The highest BCUT2D eigenvalue weighted by Crippen LogP contribution is 2.35. The van der Waals surface area contributed by atoms with Crippen molar-refractivity contribution in [2.75, 3.05) is 15.7 Å². The van der Waals surface area contributed by atoms with Crippen LogP contribution in [0.15, 0.2) is 71.7 Å². The predicted octanol–water partition coefficient (Wildman–Crippen LogP) is 5.76. The average Bonchev–Trinajstić information content (AvgIpc) is 3.59. The maximum Gasteiger partial charge on any atom is 0.573 e. The Bertz CT molecular complexity index is 1520. The van der Waals surface area contributed by atoms with Crippen LogP contribution in [0.1, 0.15) is 42.6 Å². The van der Waals surface area contributed by atoms with Crippen LogP contribution in [0, 0.1) is 5.82 Å². The molecule has 2 aliphatic rings. The first-order valence-corrected chi connectivity index (χ1v) is 14.3. The van der Waals surface area contributed by atoms with E-state index in [2.05, 4.69) is 25.8 Å². The number of amides is 3. The van der Waals surface area contributed by atoms with Gasteiger partial charge in [0.15, 0.2) is 5.50 Å². The van der Waals surface area contributed by atoms with Crippen LogP contribution in [0.25, 0.3) is 0 Å². The highest BCUT2D eigenvalue weighted by atomic mass is 32.2. The van der Waals surface area contributed by atoms with E-state index in [-0.39, 0.29) is 29.9 Å². The number of thioether (sulfide) groups is 1. The summed E-state index contributed by atoms with van der Waals surface area (Å²) in [7, 11) is 0. The van der Waals surface area contributed by atoms with Crippen LogP contribution < -0.4 is 30.7 Å². The van der Waals surface area contributed by atoms with E-state index in [0.717, 1.165) is 11.1 Å². The zero-order valence-electron chi connectivity index (χ0n) is 23.1. The van der Waals surface area contributed by atoms with Crippen molar-refractivity contribution in [1.29, 1.82) is 0 Å². The van der Waals surface area contributed by atoms with E-state index in [1.54, 1.807) is 11.1 Å². The van der Waals surface area contributed by atoms with Gasteiger partial charge in [-0.1, -0.05) is 38.1 Å². The topological polar surface area (TPSA) is 98.3 Å². The van der Waals surface area contributed by atoms with Crippen molar-refractivity contribution in [3.8, 4) is 5.75 Å². The quantitative estimate of drug-likeness (QED) is 0.279. The number of alkyl halides is 3. The molecule has 43 heavy (non-hydrogen) atoms. The molecule has 2 unspecified atom stereocenters. The number of carbonyl (C=O) groups is 2. The van der Waals surface area contributed by atoms with Gasteiger partial charge in [0.1, 0.15) is 24.1 Å². The van der Waals surface area contributed by atoms with Crippen molar-refractivity contribution in [3.05, 3.63) is 89.2 Å². The molecule has 0 radical (unpaired) electrons. The number of nitrogens with one attached hydrogen (secondary N) is 3. The number of halogens is 4. The molecule has 3 amide bonds. The Kier molecular flexibility index (Phi) is 8.78. The van der Waals surface area contributed by atoms with Gasteiger partial charge in [-0.2, -0.15) is 5.43 Å². The molecule has 5 rings (SSSR count). The third kappa shape index (κ3) is 7.38. The molecule has 3 aromatic rings. The molecular weight excluding hydrogens is 588 g/mol. The molecule has 0 spiro atoms. The lowest BCUT2D eigenvalue weighted by molar-refractivity contribution is -0.274. The zero-order valence-corrected chi connectivity index (χ0v) is 23.9. The lowest BCUT2D eigenvalue weighted by atomic mass is 10.00. The SMILES string of the molecule is CC(C)c1cc(F)ccc1N1C(=O)CSC1NC(=O)NCc1cccc(C2N=CN(c3ccc(OC(F)(F)F)cc3)N2)c1. The molecule has 0 aliphatic carbocycles. The Labute approximate surface area is 249 Å². The molecule has 14 heteroatoms. The minimum absolute atomic E-state index is 0.0324. The average molecular weight is 617 g/mol. The number of anilines is 2. The first kappa shape index (κ1) is 30.2. The summed E-state index contributed by atoms with van der Waals surface area (Å²) in [5.41, 5.74) is 5.90. The first-order chi connectivity index (χ1) is 20.5. The van der Waals surface area contributed by atoms with Gasteiger partial charge in [0, 0.05) is 6.54 Å². The summed E-state index contributed by atoms with van der Waals surface area (Å²) in [5.74, 6) is -0.749. The number of urea groups is 1. The monoisotopic (exact) mass is 616 g/mol. The lowest BCUT2D eigenvalue weighted by Crippen LogP contribution is -2.48. The molecule has 226 valence electrons. The fraction of sp³-hybridized carbons (Fsp3) is 0.276. The van der Waals surface area contributed by atoms with Gasteiger partial charge in [-0.15, -0.1) is 24.9 Å². The van der Waals surface area contributed by atoms with Crippen molar-refractivity contribution in [2.45, 2.75) is 44.3 Å². The van der Waals surface area contributed by atoms with E-state index in [1.807, 2.05) is 38.1 Å². The van der Waals surface area contributed by atoms with Crippen LogP contribution in [-0.2, 0) is 11.3 Å². The number of hydrogen-bond acceptors (Lipinski definition) is 7. The summed E-state index contributed by atoms with van der Waals surface area (Å²) in [5, 5.41) is 7.22. The Morgan fingerprint density at radius 2 is 1.91 bits per heavy atom. The number of benzene rings is 3. The van der Waals surface area contributed by atoms with Gasteiger partial charge in [0.05, 0.1) is 17.1 Å². The van der Waals surface area contributed by atoms with Crippen molar-refractivity contribution >= 4 is 41.4 Å². The summed E-state index contributed by atoms with van der Waals surface area (Å²) >= 11 is 1.27. The van der Waals surface area contributed by atoms with E-state index >= 15 is 0 Å². The van der Waals surface area contributed by atoms with Crippen LogP contribution in [0.3, 0.4) is 0 Å². The molecule has 0 bridgehead atoms. The maximum atomic E-state index is 13.9. The number of carbonyl (C=O) groups excluding carboxylic acids is 2. The lowest BCUT2D eigenvalue weighted by Gasteiger charge is -2.28. The van der Waals surface area contributed by atoms with Crippen LogP contribution in [-0.4, -0.2) is 35.9 Å².